The Labute approximate surface area is 125 Å². The lowest BCUT2D eigenvalue weighted by Crippen LogP contribution is -2.41. The number of aliphatic hydroxyl groups excluding tert-OH is 2. The molecule has 3 N–H and O–H groups in total. The van der Waals surface area contributed by atoms with E-state index in [4.69, 9.17) is 19.3 Å². The van der Waals surface area contributed by atoms with Crippen molar-refractivity contribution >= 4 is 6.09 Å². The van der Waals surface area contributed by atoms with Gasteiger partial charge in [0, 0.05) is 13.0 Å². The third-order valence-electron chi connectivity index (χ3n) is 2.85. The van der Waals surface area contributed by atoms with Crippen molar-refractivity contribution in [3.63, 3.8) is 0 Å². The number of hydrogen-bond donors (Lipinski definition) is 3. The molecule has 0 radical (unpaired) electrons. The summed E-state index contributed by atoms with van der Waals surface area (Å²) in [5.74, 6) is -0.792. The lowest BCUT2D eigenvalue weighted by atomic mass is 10.1. The van der Waals surface area contributed by atoms with E-state index in [2.05, 4.69) is 5.32 Å². The van der Waals surface area contributed by atoms with Crippen molar-refractivity contribution in [3.8, 4) is 0 Å². The smallest absolute Gasteiger partial charge is 0.407 e. The summed E-state index contributed by atoms with van der Waals surface area (Å²) in [6.45, 7) is 8.74. The van der Waals surface area contributed by atoms with E-state index in [9.17, 15) is 9.90 Å². The molecule has 0 aliphatic carbocycles. The highest BCUT2D eigenvalue weighted by Gasteiger charge is 2.42. The van der Waals surface area contributed by atoms with E-state index in [1.165, 1.54) is 0 Å². The van der Waals surface area contributed by atoms with Crippen LogP contribution < -0.4 is 5.32 Å². The van der Waals surface area contributed by atoms with Gasteiger partial charge in [0.05, 0.1) is 18.8 Å². The highest BCUT2D eigenvalue weighted by atomic mass is 16.8. The largest absolute Gasteiger partial charge is 0.444 e. The van der Waals surface area contributed by atoms with Crippen LogP contribution in [0.2, 0.25) is 0 Å². The Morgan fingerprint density at radius 3 is 2.43 bits per heavy atom. The standard InChI is InChI=1S/C14H27NO6/c1-13(2,3)21-12(18)15-7-11-10(6-9(17)8-16)19-14(4,5)20-11/h9-11,16-17H,6-8H2,1-5H3,(H,15,18). The molecular weight excluding hydrogens is 278 g/mol. The molecule has 1 fully saturated rings. The summed E-state index contributed by atoms with van der Waals surface area (Å²) in [7, 11) is 0. The molecular formula is C14H27NO6. The number of carbonyl (C=O) groups excluding carboxylic acids is 1. The van der Waals surface area contributed by atoms with Crippen molar-refractivity contribution < 1.29 is 29.2 Å². The third kappa shape index (κ3) is 6.60. The summed E-state index contributed by atoms with van der Waals surface area (Å²) in [5.41, 5.74) is -0.567. The average molecular weight is 305 g/mol. The zero-order valence-corrected chi connectivity index (χ0v) is 13.4. The van der Waals surface area contributed by atoms with E-state index in [0.29, 0.717) is 0 Å². The Hall–Kier alpha value is -0.890. The molecule has 0 aromatic carbocycles. The number of carbonyl (C=O) groups is 1. The molecule has 1 amide bonds. The van der Waals surface area contributed by atoms with Gasteiger partial charge in [0.25, 0.3) is 0 Å². The summed E-state index contributed by atoms with van der Waals surface area (Å²) in [6.07, 6.45) is -1.99. The zero-order valence-electron chi connectivity index (χ0n) is 13.4. The lowest BCUT2D eigenvalue weighted by molar-refractivity contribution is -0.148. The third-order valence-corrected chi connectivity index (χ3v) is 2.85. The van der Waals surface area contributed by atoms with Crippen molar-refractivity contribution in [2.24, 2.45) is 0 Å². The predicted octanol–water partition coefficient (Wildman–Crippen LogP) is 0.774. The van der Waals surface area contributed by atoms with Gasteiger partial charge in [0.1, 0.15) is 11.7 Å². The summed E-state index contributed by atoms with van der Waals surface area (Å²) < 4.78 is 16.5. The van der Waals surface area contributed by atoms with Gasteiger partial charge in [-0.1, -0.05) is 0 Å². The Bertz CT molecular complexity index is 352. The minimum absolute atomic E-state index is 0.209. The highest BCUT2D eigenvalue weighted by molar-refractivity contribution is 5.67. The van der Waals surface area contributed by atoms with E-state index in [1.807, 2.05) is 0 Å². The summed E-state index contributed by atoms with van der Waals surface area (Å²) in [4.78, 5) is 11.6. The Kier molecular flexibility index (Phi) is 5.98. The van der Waals surface area contributed by atoms with Gasteiger partial charge in [0.2, 0.25) is 0 Å². The molecule has 21 heavy (non-hydrogen) atoms. The molecule has 1 aliphatic heterocycles. The maximum absolute atomic E-state index is 11.6. The van der Waals surface area contributed by atoms with E-state index in [-0.39, 0.29) is 19.6 Å². The van der Waals surface area contributed by atoms with Gasteiger partial charge in [-0.05, 0) is 34.6 Å². The maximum atomic E-state index is 11.6. The van der Waals surface area contributed by atoms with Crippen molar-refractivity contribution in [1.82, 2.24) is 5.32 Å². The maximum Gasteiger partial charge on any atom is 0.407 e. The molecule has 3 atom stereocenters. The van der Waals surface area contributed by atoms with Gasteiger partial charge in [0.15, 0.2) is 5.79 Å². The van der Waals surface area contributed by atoms with Crippen LogP contribution in [0.25, 0.3) is 0 Å². The van der Waals surface area contributed by atoms with Gasteiger partial charge >= 0.3 is 6.09 Å². The number of rotatable bonds is 5. The van der Waals surface area contributed by atoms with Crippen molar-refractivity contribution in [1.29, 1.82) is 0 Å². The number of amides is 1. The normalized spacial score (nSPS) is 26.4. The quantitative estimate of drug-likeness (QED) is 0.694. The molecule has 124 valence electrons. The summed E-state index contributed by atoms with van der Waals surface area (Å²) in [6, 6.07) is 0. The molecule has 1 rings (SSSR count). The van der Waals surface area contributed by atoms with E-state index in [1.54, 1.807) is 34.6 Å². The van der Waals surface area contributed by atoms with E-state index >= 15 is 0 Å². The van der Waals surface area contributed by atoms with Crippen molar-refractivity contribution in [2.75, 3.05) is 13.2 Å². The first kappa shape index (κ1) is 18.2. The van der Waals surface area contributed by atoms with Crippen molar-refractivity contribution in [2.45, 2.75) is 70.7 Å². The Morgan fingerprint density at radius 1 is 1.33 bits per heavy atom. The first-order chi connectivity index (χ1) is 9.52. The van der Waals surface area contributed by atoms with Crippen LogP contribution in [-0.4, -0.2) is 59.2 Å². The minimum Gasteiger partial charge on any atom is -0.444 e. The molecule has 1 saturated heterocycles. The van der Waals surface area contributed by atoms with Crippen LogP contribution in [-0.2, 0) is 14.2 Å². The molecule has 0 aromatic heterocycles. The molecule has 7 nitrogen and oxygen atoms in total. The lowest BCUT2D eigenvalue weighted by Gasteiger charge is -2.22. The second-order valence-corrected chi connectivity index (χ2v) is 6.67. The molecule has 0 spiro atoms. The fraction of sp³-hybridized carbons (Fsp3) is 0.929. The minimum atomic E-state index is -0.878. The van der Waals surface area contributed by atoms with Crippen LogP contribution >= 0.6 is 0 Å². The van der Waals surface area contributed by atoms with Crippen LogP contribution in [0.3, 0.4) is 0 Å². The molecule has 1 aliphatic rings. The topological polar surface area (TPSA) is 97.3 Å². The first-order valence-corrected chi connectivity index (χ1v) is 7.14. The second kappa shape index (κ2) is 6.91. The molecule has 0 aromatic rings. The fourth-order valence-corrected chi connectivity index (χ4v) is 2.12. The summed E-state index contributed by atoms with van der Waals surface area (Å²) in [5, 5.41) is 21.1. The first-order valence-electron chi connectivity index (χ1n) is 7.14. The molecule has 7 heteroatoms. The predicted molar refractivity (Wildman–Crippen MR) is 75.8 cm³/mol. The van der Waals surface area contributed by atoms with Crippen LogP contribution in [0, 0.1) is 0 Å². The van der Waals surface area contributed by atoms with Crippen LogP contribution in [0.4, 0.5) is 4.79 Å². The van der Waals surface area contributed by atoms with Crippen LogP contribution in [0.15, 0.2) is 0 Å². The second-order valence-electron chi connectivity index (χ2n) is 6.67. The van der Waals surface area contributed by atoms with Gasteiger partial charge in [-0.3, -0.25) is 0 Å². The number of nitrogens with one attached hydrogen (secondary N) is 1. The molecule has 0 bridgehead atoms. The number of aliphatic hydroxyl groups is 2. The SMILES string of the molecule is CC(C)(C)OC(=O)NCC1OC(C)(C)OC1CC(O)CO. The Balaban J connectivity index is 2.52. The molecule has 1 heterocycles. The van der Waals surface area contributed by atoms with E-state index in [0.717, 1.165) is 0 Å². The van der Waals surface area contributed by atoms with Crippen LogP contribution in [0.1, 0.15) is 41.0 Å². The van der Waals surface area contributed by atoms with E-state index < -0.39 is 35.8 Å². The van der Waals surface area contributed by atoms with Gasteiger partial charge < -0.3 is 29.7 Å². The fourth-order valence-electron chi connectivity index (χ4n) is 2.12. The number of hydrogen-bond acceptors (Lipinski definition) is 6. The molecule has 0 saturated carbocycles. The van der Waals surface area contributed by atoms with Gasteiger partial charge in [-0.25, -0.2) is 4.79 Å². The molecule has 3 unspecified atom stereocenters. The number of ether oxygens (including phenoxy) is 3. The highest BCUT2D eigenvalue weighted by Crippen LogP contribution is 2.30. The zero-order chi connectivity index (χ0) is 16.3. The monoisotopic (exact) mass is 305 g/mol. The van der Waals surface area contributed by atoms with Gasteiger partial charge in [-0.15, -0.1) is 0 Å². The average Bonchev–Trinajstić information content (AvgIpc) is 2.58. The summed E-state index contributed by atoms with van der Waals surface area (Å²) >= 11 is 0. The van der Waals surface area contributed by atoms with Crippen LogP contribution in [0.5, 0.6) is 0 Å². The Morgan fingerprint density at radius 2 is 1.90 bits per heavy atom. The van der Waals surface area contributed by atoms with Gasteiger partial charge in [-0.2, -0.15) is 0 Å². The number of alkyl carbamates (subject to hydrolysis) is 1. The van der Waals surface area contributed by atoms with Crippen molar-refractivity contribution in [3.05, 3.63) is 0 Å².